The SMILES string of the molecule is CN1CCc2ccccc2C1CCN. The zero-order valence-corrected chi connectivity index (χ0v) is 8.74. The lowest BCUT2D eigenvalue weighted by Gasteiger charge is -2.34. The van der Waals surface area contributed by atoms with Crippen molar-refractivity contribution in [1.82, 2.24) is 4.90 Å². The fraction of sp³-hybridized carbons (Fsp3) is 0.500. The van der Waals surface area contributed by atoms with Crippen molar-refractivity contribution in [3.8, 4) is 0 Å². The molecule has 1 aromatic carbocycles. The van der Waals surface area contributed by atoms with Gasteiger partial charge in [0.25, 0.3) is 0 Å². The first-order chi connectivity index (χ1) is 6.83. The second-order valence-corrected chi connectivity index (χ2v) is 4.02. The molecule has 2 rings (SSSR count). The van der Waals surface area contributed by atoms with Crippen LogP contribution in [0.5, 0.6) is 0 Å². The summed E-state index contributed by atoms with van der Waals surface area (Å²) in [5, 5.41) is 0. The molecule has 76 valence electrons. The summed E-state index contributed by atoms with van der Waals surface area (Å²) in [7, 11) is 2.19. The number of rotatable bonds is 2. The number of fused-ring (bicyclic) bond motifs is 1. The smallest absolute Gasteiger partial charge is 0.0359 e. The Kier molecular flexibility index (Phi) is 2.85. The number of nitrogens with two attached hydrogens (primary N) is 1. The monoisotopic (exact) mass is 190 g/mol. The fourth-order valence-corrected chi connectivity index (χ4v) is 2.31. The normalized spacial score (nSPS) is 22.0. The quantitative estimate of drug-likeness (QED) is 0.767. The number of nitrogens with zero attached hydrogens (tertiary/aromatic N) is 1. The molecule has 0 radical (unpaired) electrons. The minimum Gasteiger partial charge on any atom is -0.330 e. The van der Waals surface area contributed by atoms with E-state index in [0.717, 1.165) is 19.5 Å². The molecule has 0 aliphatic carbocycles. The molecule has 2 N–H and O–H groups in total. The van der Waals surface area contributed by atoms with E-state index in [2.05, 4.69) is 36.2 Å². The van der Waals surface area contributed by atoms with Crippen LogP contribution < -0.4 is 5.73 Å². The number of likely N-dealkylation sites (N-methyl/N-ethyl adjacent to an activating group) is 1. The topological polar surface area (TPSA) is 29.3 Å². The molecule has 1 aromatic rings. The lowest BCUT2D eigenvalue weighted by molar-refractivity contribution is 0.222. The summed E-state index contributed by atoms with van der Waals surface area (Å²) in [6, 6.07) is 9.27. The summed E-state index contributed by atoms with van der Waals surface area (Å²) in [6.45, 7) is 1.92. The van der Waals surface area contributed by atoms with E-state index in [0.29, 0.717) is 6.04 Å². The van der Waals surface area contributed by atoms with Crippen molar-refractivity contribution in [1.29, 1.82) is 0 Å². The van der Waals surface area contributed by atoms with E-state index in [1.54, 1.807) is 0 Å². The van der Waals surface area contributed by atoms with Crippen LogP contribution in [0.3, 0.4) is 0 Å². The first kappa shape index (κ1) is 9.69. The van der Waals surface area contributed by atoms with Crippen molar-refractivity contribution in [3.63, 3.8) is 0 Å². The Balaban J connectivity index is 2.31. The van der Waals surface area contributed by atoms with Crippen molar-refractivity contribution in [2.45, 2.75) is 18.9 Å². The first-order valence-corrected chi connectivity index (χ1v) is 5.31. The Bertz CT molecular complexity index is 309. The molecule has 14 heavy (non-hydrogen) atoms. The molecular formula is C12H18N2. The third-order valence-corrected chi connectivity index (χ3v) is 3.12. The Morgan fingerprint density at radius 2 is 2.21 bits per heavy atom. The largest absolute Gasteiger partial charge is 0.330 e. The average molecular weight is 190 g/mol. The number of benzene rings is 1. The van der Waals surface area contributed by atoms with E-state index < -0.39 is 0 Å². The van der Waals surface area contributed by atoms with E-state index in [1.807, 2.05) is 0 Å². The second kappa shape index (κ2) is 4.11. The number of hydrogen-bond donors (Lipinski definition) is 1. The van der Waals surface area contributed by atoms with Crippen LogP contribution >= 0.6 is 0 Å². The molecule has 1 aliphatic rings. The van der Waals surface area contributed by atoms with Gasteiger partial charge in [-0.1, -0.05) is 24.3 Å². The Hall–Kier alpha value is -0.860. The minimum atomic E-state index is 0.532. The molecule has 0 aromatic heterocycles. The molecule has 0 saturated carbocycles. The maximum atomic E-state index is 5.65. The van der Waals surface area contributed by atoms with Crippen molar-refractivity contribution in [2.24, 2.45) is 5.73 Å². The summed E-state index contributed by atoms with van der Waals surface area (Å²) in [5.41, 5.74) is 8.63. The van der Waals surface area contributed by atoms with Gasteiger partial charge in [0.15, 0.2) is 0 Å². The van der Waals surface area contributed by atoms with Crippen LogP contribution in [0.1, 0.15) is 23.6 Å². The molecule has 1 atom stereocenters. The Morgan fingerprint density at radius 3 is 3.00 bits per heavy atom. The molecular weight excluding hydrogens is 172 g/mol. The van der Waals surface area contributed by atoms with E-state index in [4.69, 9.17) is 5.73 Å². The lowest BCUT2D eigenvalue weighted by Crippen LogP contribution is -2.33. The van der Waals surface area contributed by atoms with Gasteiger partial charge in [-0.3, -0.25) is 4.90 Å². The summed E-state index contributed by atoms with van der Waals surface area (Å²) >= 11 is 0. The highest BCUT2D eigenvalue weighted by molar-refractivity contribution is 5.32. The maximum absolute atomic E-state index is 5.65. The zero-order chi connectivity index (χ0) is 9.97. The highest BCUT2D eigenvalue weighted by Crippen LogP contribution is 2.30. The predicted molar refractivity (Wildman–Crippen MR) is 59.2 cm³/mol. The maximum Gasteiger partial charge on any atom is 0.0359 e. The van der Waals surface area contributed by atoms with Gasteiger partial charge >= 0.3 is 0 Å². The van der Waals surface area contributed by atoms with Gasteiger partial charge in [0, 0.05) is 12.6 Å². The molecule has 0 saturated heterocycles. The summed E-state index contributed by atoms with van der Waals surface area (Å²) in [6.07, 6.45) is 2.24. The summed E-state index contributed by atoms with van der Waals surface area (Å²) < 4.78 is 0. The summed E-state index contributed by atoms with van der Waals surface area (Å²) in [5.74, 6) is 0. The fourth-order valence-electron chi connectivity index (χ4n) is 2.31. The second-order valence-electron chi connectivity index (χ2n) is 4.02. The highest BCUT2D eigenvalue weighted by Gasteiger charge is 2.22. The van der Waals surface area contributed by atoms with Gasteiger partial charge in [0.05, 0.1) is 0 Å². The van der Waals surface area contributed by atoms with Crippen molar-refractivity contribution < 1.29 is 0 Å². The molecule has 0 fully saturated rings. The van der Waals surface area contributed by atoms with E-state index >= 15 is 0 Å². The summed E-state index contributed by atoms with van der Waals surface area (Å²) in [4.78, 5) is 2.41. The standard InChI is InChI=1S/C12H18N2/c1-14-9-7-10-4-2-3-5-11(10)12(14)6-8-13/h2-5,12H,6-9,13H2,1H3. The zero-order valence-electron chi connectivity index (χ0n) is 8.74. The lowest BCUT2D eigenvalue weighted by atomic mass is 9.91. The third kappa shape index (κ3) is 1.68. The molecule has 2 nitrogen and oxygen atoms in total. The van der Waals surface area contributed by atoms with Crippen molar-refractivity contribution in [3.05, 3.63) is 35.4 Å². The van der Waals surface area contributed by atoms with Gasteiger partial charge in [-0.15, -0.1) is 0 Å². The van der Waals surface area contributed by atoms with Crippen LogP contribution in [-0.2, 0) is 6.42 Å². The molecule has 1 aliphatic heterocycles. The average Bonchev–Trinajstić information content (AvgIpc) is 2.23. The van der Waals surface area contributed by atoms with Crippen LogP contribution in [0, 0.1) is 0 Å². The van der Waals surface area contributed by atoms with Crippen LogP contribution in [0.4, 0.5) is 0 Å². The van der Waals surface area contributed by atoms with Gasteiger partial charge in [-0.05, 0) is 37.6 Å². The highest BCUT2D eigenvalue weighted by atomic mass is 15.1. The van der Waals surface area contributed by atoms with E-state index in [1.165, 1.54) is 17.5 Å². The molecule has 1 heterocycles. The molecule has 0 bridgehead atoms. The Morgan fingerprint density at radius 1 is 1.43 bits per heavy atom. The van der Waals surface area contributed by atoms with Gasteiger partial charge in [0.1, 0.15) is 0 Å². The van der Waals surface area contributed by atoms with Crippen molar-refractivity contribution in [2.75, 3.05) is 20.1 Å². The van der Waals surface area contributed by atoms with Gasteiger partial charge in [-0.2, -0.15) is 0 Å². The van der Waals surface area contributed by atoms with Gasteiger partial charge in [0.2, 0.25) is 0 Å². The molecule has 0 amide bonds. The van der Waals surface area contributed by atoms with Gasteiger partial charge in [-0.25, -0.2) is 0 Å². The molecule has 0 spiro atoms. The Labute approximate surface area is 85.7 Å². The predicted octanol–water partition coefficient (Wildman–Crippen LogP) is 1.56. The minimum absolute atomic E-state index is 0.532. The van der Waals surface area contributed by atoms with Crippen molar-refractivity contribution >= 4 is 0 Å². The van der Waals surface area contributed by atoms with E-state index in [9.17, 15) is 0 Å². The van der Waals surface area contributed by atoms with Crippen LogP contribution in [-0.4, -0.2) is 25.0 Å². The van der Waals surface area contributed by atoms with Crippen LogP contribution in [0.15, 0.2) is 24.3 Å². The first-order valence-electron chi connectivity index (χ1n) is 5.31. The van der Waals surface area contributed by atoms with E-state index in [-0.39, 0.29) is 0 Å². The van der Waals surface area contributed by atoms with Crippen LogP contribution in [0.2, 0.25) is 0 Å². The molecule has 2 heteroatoms. The number of hydrogen-bond acceptors (Lipinski definition) is 2. The third-order valence-electron chi connectivity index (χ3n) is 3.12. The van der Waals surface area contributed by atoms with Crippen LogP contribution in [0.25, 0.3) is 0 Å². The molecule has 1 unspecified atom stereocenters. The van der Waals surface area contributed by atoms with Gasteiger partial charge < -0.3 is 5.73 Å².